The lowest BCUT2D eigenvalue weighted by molar-refractivity contribution is 0.0948. The summed E-state index contributed by atoms with van der Waals surface area (Å²) in [7, 11) is 1.71. The van der Waals surface area contributed by atoms with Crippen LogP contribution in [0.15, 0.2) is 24.4 Å². The zero-order valence-corrected chi connectivity index (χ0v) is 13.2. The van der Waals surface area contributed by atoms with Gasteiger partial charge in [0.25, 0.3) is 5.91 Å². The average Bonchev–Trinajstić information content (AvgIpc) is 3.04. The quantitative estimate of drug-likeness (QED) is 0.609. The number of pyridine rings is 1. The normalized spacial score (nSPS) is 13.9. The standard InChI is InChI=1S/C15H14FN7O2/c1-17-11-6-10-20-13-9(16)2-3-12(22-13)25-5-4-18-15(24)8-7-19-23(11)14(8)21-10/h2-3,6-7,17H,4-5H2,1H3,(H,18,24)(H,20,21,22). The third kappa shape index (κ3) is 2.67. The summed E-state index contributed by atoms with van der Waals surface area (Å²) in [6, 6.07) is 4.31. The maximum atomic E-state index is 14.1. The molecule has 25 heavy (non-hydrogen) atoms. The van der Waals surface area contributed by atoms with E-state index in [4.69, 9.17) is 4.74 Å². The zero-order valence-electron chi connectivity index (χ0n) is 13.2. The number of anilines is 3. The number of carbonyl (C=O) groups excluding carboxylic acids is 1. The molecule has 1 amide bonds. The van der Waals surface area contributed by atoms with E-state index in [0.29, 0.717) is 22.8 Å². The largest absolute Gasteiger partial charge is 0.476 e. The van der Waals surface area contributed by atoms with Gasteiger partial charge in [-0.2, -0.15) is 14.6 Å². The van der Waals surface area contributed by atoms with E-state index in [9.17, 15) is 9.18 Å². The van der Waals surface area contributed by atoms with E-state index in [1.807, 2.05) is 0 Å². The minimum Gasteiger partial charge on any atom is -0.476 e. The Morgan fingerprint density at radius 3 is 3.08 bits per heavy atom. The molecular weight excluding hydrogens is 329 g/mol. The van der Waals surface area contributed by atoms with Crippen LogP contribution in [0.5, 0.6) is 5.88 Å². The van der Waals surface area contributed by atoms with Gasteiger partial charge in [-0.1, -0.05) is 0 Å². The maximum Gasteiger partial charge on any atom is 0.256 e. The van der Waals surface area contributed by atoms with Crippen molar-refractivity contribution in [3.05, 3.63) is 35.8 Å². The summed E-state index contributed by atoms with van der Waals surface area (Å²) >= 11 is 0. The number of carbonyl (C=O) groups is 1. The maximum absolute atomic E-state index is 14.1. The second kappa shape index (κ2) is 5.89. The summed E-state index contributed by atoms with van der Waals surface area (Å²) in [5.41, 5.74) is 0.642. The number of rotatable bonds is 1. The van der Waals surface area contributed by atoms with Gasteiger partial charge in [0.05, 0.1) is 12.7 Å². The van der Waals surface area contributed by atoms with Crippen molar-refractivity contribution in [2.75, 3.05) is 30.8 Å². The van der Waals surface area contributed by atoms with Crippen molar-refractivity contribution in [3.63, 3.8) is 0 Å². The molecule has 3 aromatic heterocycles. The van der Waals surface area contributed by atoms with E-state index in [2.05, 4.69) is 31.0 Å². The number of hydrogen-bond donors (Lipinski definition) is 3. The predicted octanol–water partition coefficient (Wildman–Crippen LogP) is 1.17. The highest BCUT2D eigenvalue weighted by Crippen LogP contribution is 2.24. The van der Waals surface area contributed by atoms with Gasteiger partial charge < -0.3 is 20.7 Å². The first-order chi connectivity index (χ1) is 12.2. The Bertz CT molecular complexity index is 972. The summed E-state index contributed by atoms with van der Waals surface area (Å²) in [5, 5.41) is 12.7. The van der Waals surface area contributed by atoms with Crippen molar-refractivity contribution >= 4 is 29.0 Å². The van der Waals surface area contributed by atoms with Crippen LogP contribution in [0, 0.1) is 5.82 Å². The highest BCUT2D eigenvalue weighted by Gasteiger charge is 2.18. The number of nitrogens with one attached hydrogen (secondary N) is 3. The summed E-state index contributed by atoms with van der Waals surface area (Å²) in [6.45, 7) is 0.456. The topological polar surface area (TPSA) is 105 Å². The van der Waals surface area contributed by atoms with E-state index in [-0.39, 0.29) is 30.8 Å². The first-order valence-corrected chi connectivity index (χ1v) is 7.57. The smallest absolute Gasteiger partial charge is 0.256 e. The summed E-state index contributed by atoms with van der Waals surface area (Å²) in [4.78, 5) is 20.8. The lowest BCUT2D eigenvalue weighted by Crippen LogP contribution is -2.28. The van der Waals surface area contributed by atoms with E-state index in [0.717, 1.165) is 0 Å². The number of ether oxygens (including phenoxy) is 1. The van der Waals surface area contributed by atoms with E-state index in [1.54, 1.807) is 13.1 Å². The third-order valence-electron chi connectivity index (χ3n) is 3.68. The first-order valence-electron chi connectivity index (χ1n) is 7.57. The van der Waals surface area contributed by atoms with Crippen molar-refractivity contribution in [1.82, 2.24) is 24.9 Å². The number of aromatic nitrogens is 4. The zero-order chi connectivity index (χ0) is 17.4. The molecule has 128 valence electrons. The molecule has 4 bridgehead atoms. The predicted molar refractivity (Wildman–Crippen MR) is 87.8 cm³/mol. The van der Waals surface area contributed by atoms with Crippen molar-refractivity contribution in [1.29, 1.82) is 0 Å². The van der Waals surface area contributed by atoms with Crippen molar-refractivity contribution < 1.29 is 13.9 Å². The molecule has 0 spiro atoms. The van der Waals surface area contributed by atoms with Gasteiger partial charge in [0.2, 0.25) is 5.88 Å². The minimum absolute atomic E-state index is 0.0176. The van der Waals surface area contributed by atoms with Crippen LogP contribution < -0.4 is 20.7 Å². The van der Waals surface area contributed by atoms with Gasteiger partial charge >= 0.3 is 0 Å². The van der Waals surface area contributed by atoms with Crippen LogP contribution in [0.3, 0.4) is 0 Å². The van der Waals surface area contributed by atoms with Gasteiger partial charge in [0, 0.05) is 19.2 Å². The average molecular weight is 343 g/mol. The second-order valence-corrected chi connectivity index (χ2v) is 5.28. The molecule has 3 aromatic rings. The van der Waals surface area contributed by atoms with Gasteiger partial charge in [0.1, 0.15) is 23.8 Å². The Labute approximate surface area is 141 Å². The minimum atomic E-state index is -0.544. The van der Waals surface area contributed by atoms with Crippen LogP contribution in [0.2, 0.25) is 0 Å². The van der Waals surface area contributed by atoms with E-state index < -0.39 is 5.82 Å². The number of amides is 1. The third-order valence-corrected chi connectivity index (χ3v) is 3.68. The van der Waals surface area contributed by atoms with Crippen LogP contribution in [0.1, 0.15) is 10.4 Å². The van der Waals surface area contributed by atoms with Gasteiger partial charge in [-0.15, -0.1) is 0 Å². The first kappa shape index (κ1) is 15.1. The number of fused-ring (bicyclic) bond motifs is 3. The number of hydrogen-bond acceptors (Lipinski definition) is 7. The van der Waals surface area contributed by atoms with Gasteiger partial charge in [-0.3, -0.25) is 4.79 Å². The fourth-order valence-electron chi connectivity index (χ4n) is 2.49. The Morgan fingerprint density at radius 2 is 2.24 bits per heavy atom. The monoisotopic (exact) mass is 343 g/mol. The molecule has 0 aliphatic carbocycles. The van der Waals surface area contributed by atoms with Crippen LogP contribution in [-0.4, -0.2) is 45.7 Å². The number of nitrogens with zero attached hydrogens (tertiary/aromatic N) is 4. The van der Waals surface area contributed by atoms with Gasteiger partial charge in [0.15, 0.2) is 17.3 Å². The van der Waals surface area contributed by atoms with Crippen molar-refractivity contribution in [2.45, 2.75) is 0 Å². The summed E-state index contributed by atoms with van der Waals surface area (Å²) < 4.78 is 21.0. The molecule has 0 aromatic carbocycles. The highest BCUT2D eigenvalue weighted by atomic mass is 19.1. The van der Waals surface area contributed by atoms with Crippen LogP contribution in [-0.2, 0) is 0 Å². The summed E-state index contributed by atoms with van der Waals surface area (Å²) in [5.74, 6) is 0.253. The molecule has 0 unspecified atom stereocenters. The van der Waals surface area contributed by atoms with Crippen LogP contribution in [0.4, 0.5) is 21.8 Å². The molecule has 9 nitrogen and oxygen atoms in total. The number of halogens is 1. The highest BCUT2D eigenvalue weighted by molar-refractivity contribution is 6.00. The van der Waals surface area contributed by atoms with E-state index >= 15 is 0 Å². The SMILES string of the molecule is CNc1cc2nc3c(cnn13)C(=O)NCCOc1ccc(F)c(n1)N2. The molecule has 0 saturated heterocycles. The molecule has 0 fully saturated rings. The van der Waals surface area contributed by atoms with Crippen LogP contribution >= 0.6 is 0 Å². The molecule has 3 N–H and O–H groups in total. The fourth-order valence-corrected chi connectivity index (χ4v) is 2.49. The molecule has 1 aliphatic rings. The Balaban J connectivity index is 1.90. The molecular formula is C15H14FN7O2. The summed E-state index contributed by atoms with van der Waals surface area (Å²) in [6.07, 6.45) is 1.43. The molecule has 4 rings (SSSR count). The molecule has 0 saturated carbocycles. The van der Waals surface area contributed by atoms with Crippen LogP contribution in [0.25, 0.3) is 5.65 Å². The lowest BCUT2D eigenvalue weighted by atomic mass is 10.3. The van der Waals surface area contributed by atoms with Crippen molar-refractivity contribution in [2.24, 2.45) is 0 Å². The van der Waals surface area contributed by atoms with Crippen molar-refractivity contribution in [3.8, 4) is 5.88 Å². The molecule has 0 radical (unpaired) electrons. The molecule has 1 aliphatic heterocycles. The Morgan fingerprint density at radius 1 is 1.36 bits per heavy atom. The molecule has 10 heteroatoms. The Kier molecular flexibility index (Phi) is 3.56. The fraction of sp³-hybridized carbons (Fsp3) is 0.200. The van der Waals surface area contributed by atoms with E-state index in [1.165, 1.54) is 22.8 Å². The lowest BCUT2D eigenvalue weighted by Gasteiger charge is -2.10. The van der Waals surface area contributed by atoms with Gasteiger partial charge in [-0.25, -0.2) is 9.37 Å². The molecule has 4 heterocycles. The second-order valence-electron chi connectivity index (χ2n) is 5.28. The Hall–Kier alpha value is -3.43. The van der Waals surface area contributed by atoms with Gasteiger partial charge in [-0.05, 0) is 6.07 Å². The molecule has 0 atom stereocenters.